The van der Waals surface area contributed by atoms with Crippen molar-refractivity contribution in [1.29, 1.82) is 0 Å². The first kappa shape index (κ1) is 26.9. The molecule has 1 unspecified atom stereocenters. The first-order chi connectivity index (χ1) is 14.0. The molecule has 1 atom stereocenters. The summed E-state index contributed by atoms with van der Waals surface area (Å²) in [5.74, 6) is -0.180. The third kappa shape index (κ3) is 8.50. The molecule has 0 saturated carbocycles. The number of rotatable bonds is 7. The minimum absolute atomic E-state index is 0. The van der Waals surface area contributed by atoms with E-state index in [0.717, 1.165) is 42.7 Å². The molecule has 31 heavy (non-hydrogen) atoms. The molecule has 1 aliphatic rings. The van der Waals surface area contributed by atoms with Crippen LogP contribution in [-0.4, -0.2) is 36.3 Å². The van der Waals surface area contributed by atoms with Gasteiger partial charge in [0.1, 0.15) is 0 Å². The Balaban J connectivity index is 0.00000240. The van der Waals surface area contributed by atoms with Crippen LogP contribution in [0.3, 0.4) is 0 Å². The van der Waals surface area contributed by atoms with E-state index in [1.807, 2.05) is 49.4 Å². The average Bonchev–Trinajstić information content (AvgIpc) is 2.72. The first-order valence-corrected chi connectivity index (χ1v) is 10.2. The second kappa shape index (κ2) is 13.3. The van der Waals surface area contributed by atoms with E-state index in [2.05, 4.69) is 15.5 Å². The van der Waals surface area contributed by atoms with Crippen molar-refractivity contribution in [3.05, 3.63) is 59.7 Å². The molecule has 170 valence electrons. The van der Waals surface area contributed by atoms with Crippen LogP contribution in [0.5, 0.6) is 0 Å². The van der Waals surface area contributed by atoms with Crippen LogP contribution in [0.4, 0.5) is 11.4 Å². The van der Waals surface area contributed by atoms with Crippen LogP contribution in [0.15, 0.2) is 48.5 Å². The smallest absolute Gasteiger partial charge is 0.238 e. The van der Waals surface area contributed by atoms with Gasteiger partial charge in [-0.15, -0.1) is 24.8 Å². The number of hydrogen-bond acceptors (Lipinski definition) is 4. The van der Waals surface area contributed by atoms with Crippen molar-refractivity contribution in [3.63, 3.8) is 0 Å². The SMILES string of the molecule is Cc1ccc(NC(=O)CC(N)c2ccccc2)cc1NC(=O)CN1CCCCC1.Cl.Cl. The summed E-state index contributed by atoms with van der Waals surface area (Å²) in [6, 6.07) is 14.7. The normalized spacial score (nSPS) is 14.5. The molecule has 0 bridgehead atoms. The van der Waals surface area contributed by atoms with E-state index in [4.69, 9.17) is 5.73 Å². The number of likely N-dealkylation sites (tertiary alicyclic amines) is 1. The van der Waals surface area contributed by atoms with Gasteiger partial charge in [-0.3, -0.25) is 14.5 Å². The maximum Gasteiger partial charge on any atom is 0.238 e. The summed E-state index contributed by atoms with van der Waals surface area (Å²) in [6.07, 6.45) is 3.74. The Hall–Kier alpha value is -2.12. The molecule has 0 aromatic heterocycles. The number of nitrogens with zero attached hydrogens (tertiary/aromatic N) is 1. The fourth-order valence-corrected chi connectivity index (χ4v) is 3.57. The lowest BCUT2D eigenvalue weighted by molar-refractivity contribution is -0.118. The zero-order valence-electron chi connectivity index (χ0n) is 17.8. The highest BCUT2D eigenvalue weighted by atomic mass is 35.5. The van der Waals surface area contributed by atoms with Gasteiger partial charge in [0.25, 0.3) is 0 Å². The summed E-state index contributed by atoms with van der Waals surface area (Å²) in [5, 5.41) is 5.87. The Morgan fingerprint density at radius 1 is 0.968 bits per heavy atom. The molecule has 1 fully saturated rings. The van der Waals surface area contributed by atoms with Crippen LogP contribution in [0.25, 0.3) is 0 Å². The number of amides is 2. The van der Waals surface area contributed by atoms with Crippen LogP contribution in [0, 0.1) is 6.92 Å². The molecule has 2 aromatic rings. The minimum atomic E-state index is -0.356. The van der Waals surface area contributed by atoms with E-state index in [0.29, 0.717) is 12.2 Å². The Morgan fingerprint density at radius 3 is 2.32 bits per heavy atom. The minimum Gasteiger partial charge on any atom is -0.326 e. The molecule has 8 heteroatoms. The number of carbonyl (C=O) groups is 2. The molecular formula is C23H32Cl2N4O2. The van der Waals surface area contributed by atoms with Gasteiger partial charge in [-0.1, -0.05) is 42.8 Å². The van der Waals surface area contributed by atoms with Crippen molar-refractivity contribution in [3.8, 4) is 0 Å². The standard InChI is InChI=1S/C23H30N4O2.2ClH/c1-17-10-11-19(25-22(28)15-20(24)18-8-4-2-5-9-18)14-21(17)26-23(29)16-27-12-6-3-7-13-27;;/h2,4-5,8-11,14,20H,3,6-7,12-13,15-16,24H2,1H3,(H,25,28)(H,26,29);2*1H. The number of aryl methyl sites for hydroxylation is 1. The van der Waals surface area contributed by atoms with Crippen molar-refractivity contribution in [2.75, 3.05) is 30.3 Å². The number of benzene rings is 2. The first-order valence-electron chi connectivity index (χ1n) is 10.2. The molecule has 1 saturated heterocycles. The highest BCUT2D eigenvalue weighted by Crippen LogP contribution is 2.22. The monoisotopic (exact) mass is 466 g/mol. The quantitative estimate of drug-likeness (QED) is 0.567. The van der Waals surface area contributed by atoms with Crippen molar-refractivity contribution in [1.82, 2.24) is 4.90 Å². The predicted molar refractivity (Wildman–Crippen MR) is 131 cm³/mol. The lowest BCUT2D eigenvalue weighted by Gasteiger charge is -2.25. The zero-order valence-corrected chi connectivity index (χ0v) is 19.4. The van der Waals surface area contributed by atoms with E-state index < -0.39 is 0 Å². The molecule has 6 nitrogen and oxygen atoms in total. The second-order valence-corrected chi connectivity index (χ2v) is 7.68. The van der Waals surface area contributed by atoms with Gasteiger partial charge in [0.15, 0.2) is 0 Å². The molecule has 2 aromatic carbocycles. The van der Waals surface area contributed by atoms with E-state index in [1.165, 1.54) is 6.42 Å². The van der Waals surface area contributed by atoms with Crippen LogP contribution in [-0.2, 0) is 9.59 Å². The zero-order chi connectivity index (χ0) is 20.6. The summed E-state index contributed by atoms with van der Waals surface area (Å²) in [4.78, 5) is 27.0. The van der Waals surface area contributed by atoms with Crippen molar-refractivity contribution in [2.24, 2.45) is 5.73 Å². The van der Waals surface area contributed by atoms with Gasteiger partial charge in [0.2, 0.25) is 11.8 Å². The van der Waals surface area contributed by atoms with Gasteiger partial charge in [-0.25, -0.2) is 0 Å². The highest BCUT2D eigenvalue weighted by Gasteiger charge is 2.15. The van der Waals surface area contributed by atoms with Gasteiger partial charge in [0.05, 0.1) is 6.54 Å². The van der Waals surface area contributed by atoms with E-state index in [-0.39, 0.29) is 49.1 Å². The van der Waals surface area contributed by atoms with Crippen molar-refractivity contribution < 1.29 is 9.59 Å². The highest BCUT2D eigenvalue weighted by molar-refractivity contribution is 5.95. The number of anilines is 2. The largest absolute Gasteiger partial charge is 0.326 e. The molecule has 1 heterocycles. The Morgan fingerprint density at radius 2 is 1.65 bits per heavy atom. The summed E-state index contributed by atoms with van der Waals surface area (Å²) in [5.41, 5.74) is 9.39. The van der Waals surface area contributed by atoms with Crippen LogP contribution in [0.1, 0.15) is 42.9 Å². The molecule has 1 aliphatic heterocycles. The summed E-state index contributed by atoms with van der Waals surface area (Å²) < 4.78 is 0. The van der Waals surface area contributed by atoms with Crippen molar-refractivity contribution in [2.45, 2.75) is 38.6 Å². The fourth-order valence-electron chi connectivity index (χ4n) is 3.57. The van der Waals surface area contributed by atoms with E-state index in [1.54, 1.807) is 6.07 Å². The predicted octanol–water partition coefficient (Wildman–Crippen LogP) is 4.29. The Labute approximate surface area is 196 Å². The molecule has 0 spiro atoms. The number of hydrogen-bond donors (Lipinski definition) is 3. The number of piperidine rings is 1. The number of carbonyl (C=O) groups excluding carboxylic acids is 2. The lowest BCUT2D eigenvalue weighted by atomic mass is 10.0. The maximum absolute atomic E-state index is 12.4. The maximum atomic E-state index is 12.4. The molecule has 3 rings (SSSR count). The van der Waals surface area contributed by atoms with Gasteiger partial charge in [-0.2, -0.15) is 0 Å². The summed E-state index contributed by atoms with van der Waals surface area (Å²) in [6.45, 7) is 4.30. The van der Waals surface area contributed by atoms with Gasteiger partial charge in [0, 0.05) is 23.8 Å². The Kier molecular flexibility index (Phi) is 11.6. The third-order valence-corrected chi connectivity index (χ3v) is 5.24. The second-order valence-electron chi connectivity index (χ2n) is 7.68. The molecule has 2 amide bonds. The lowest BCUT2D eigenvalue weighted by Crippen LogP contribution is -2.36. The van der Waals surface area contributed by atoms with Gasteiger partial charge in [-0.05, 0) is 56.1 Å². The van der Waals surface area contributed by atoms with Crippen LogP contribution >= 0.6 is 24.8 Å². The van der Waals surface area contributed by atoms with E-state index >= 15 is 0 Å². The number of nitrogens with one attached hydrogen (secondary N) is 2. The van der Waals surface area contributed by atoms with Crippen LogP contribution < -0.4 is 16.4 Å². The van der Waals surface area contributed by atoms with Crippen molar-refractivity contribution >= 4 is 48.0 Å². The molecule has 0 radical (unpaired) electrons. The average molecular weight is 467 g/mol. The third-order valence-electron chi connectivity index (χ3n) is 5.24. The summed E-state index contributed by atoms with van der Waals surface area (Å²) in [7, 11) is 0. The van der Waals surface area contributed by atoms with Crippen LogP contribution in [0.2, 0.25) is 0 Å². The Bertz CT molecular complexity index is 843. The van der Waals surface area contributed by atoms with Gasteiger partial charge < -0.3 is 16.4 Å². The summed E-state index contributed by atoms with van der Waals surface area (Å²) >= 11 is 0. The van der Waals surface area contributed by atoms with E-state index in [9.17, 15) is 9.59 Å². The molecule has 0 aliphatic carbocycles. The molecular weight excluding hydrogens is 435 g/mol. The molecule has 4 N–H and O–H groups in total. The van der Waals surface area contributed by atoms with Gasteiger partial charge >= 0.3 is 0 Å². The number of nitrogens with two attached hydrogens (primary N) is 1. The number of halogens is 2. The fraction of sp³-hybridized carbons (Fsp3) is 0.391. The topological polar surface area (TPSA) is 87.5 Å².